The number of para-hydroxylation sites is 2. The van der Waals surface area contributed by atoms with Gasteiger partial charge in [0.05, 0.1) is 0 Å². The molecule has 0 spiro atoms. The highest BCUT2D eigenvalue weighted by Gasteiger charge is 2.34. The molecule has 2 aliphatic rings. The van der Waals surface area contributed by atoms with Crippen molar-refractivity contribution >= 4 is 12.0 Å². The van der Waals surface area contributed by atoms with E-state index in [2.05, 4.69) is 5.32 Å². The maximum Gasteiger partial charge on any atom is 0.407 e. The minimum atomic E-state index is -0.662. The number of rotatable bonds is 2. The lowest BCUT2D eigenvalue weighted by Gasteiger charge is -2.36. The van der Waals surface area contributed by atoms with Crippen molar-refractivity contribution in [3.05, 3.63) is 24.3 Å². The summed E-state index contributed by atoms with van der Waals surface area (Å²) in [6.07, 6.45) is 0.512. The molecule has 1 aromatic carbocycles. The summed E-state index contributed by atoms with van der Waals surface area (Å²) in [4.78, 5) is 26.5. The van der Waals surface area contributed by atoms with Gasteiger partial charge >= 0.3 is 6.09 Å². The summed E-state index contributed by atoms with van der Waals surface area (Å²) >= 11 is 0. The summed E-state index contributed by atoms with van der Waals surface area (Å²) in [5.41, 5.74) is -0.547. The number of fused-ring (bicyclic) bond motifs is 1. The average molecular weight is 362 g/mol. The number of likely N-dealkylation sites (tertiary alicyclic amines) is 1. The number of nitrogens with one attached hydrogen (secondary N) is 1. The Bertz CT molecular complexity index is 670. The van der Waals surface area contributed by atoms with Gasteiger partial charge in [-0.3, -0.25) is 4.79 Å². The van der Waals surface area contributed by atoms with Crippen LogP contribution in [-0.2, 0) is 9.53 Å². The molecule has 7 nitrogen and oxygen atoms in total. The van der Waals surface area contributed by atoms with Crippen LogP contribution in [0.5, 0.6) is 11.5 Å². The third-order valence-electron chi connectivity index (χ3n) is 4.24. The molecule has 2 atom stereocenters. The number of hydrogen-bond donors (Lipinski definition) is 1. The second kappa shape index (κ2) is 7.43. The van der Waals surface area contributed by atoms with Gasteiger partial charge < -0.3 is 24.4 Å². The van der Waals surface area contributed by atoms with E-state index in [4.69, 9.17) is 14.2 Å². The van der Waals surface area contributed by atoms with Gasteiger partial charge in [0.1, 0.15) is 12.2 Å². The first kappa shape index (κ1) is 18.4. The van der Waals surface area contributed by atoms with Crippen LogP contribution in [0.1, 0.15) is 33.6 Å². The summed E-state index contributed by atoms with van der Waals surface area (Å²) in [5, 5.41) is 2.85. The minimum absolute atomic E-state index is 0.116. The number of carbonyl (C=O) groups excluding carboxylic acids is 2. The van der Waals surface area contributed by atoms with Crippen LogP contribution in [0.25, 0.3) is 0 Å². The van der Waals surface area contributed by atoms with Crippen LogP contribution in [0.4, 0.5) is 4.79 Å². The standard InChI is InChI=1S/C19H26N2O5/c1-19(2,3)26-18(23)20-13-7-6-10-21(11-13)17(22)16-12-24-14-8-4-5-9-15(14)25-16/h4-5,8-9,13,16H,6-7,10-12H2,1-3H3,(H,20,23). The second-order valence-electron chi connectivity index (χ2n) is 7.63. The SMILES string of the molecule is CC(C)(C)OC(=O)NC1CCCN(C(=O)C2COc3ccccc3O2)C1. The zero-order valence-electron chi connectivity index (χ0n) is 15.5. The Morgan fingerprint density at radius 2 is 1.96 bits per heavy atom. The number of amides is 2. The van der Waals surface area contributed by atoms with Gasteiger partial charge in [0, 0.05) is 19.1 Å². The van der Waals surface area contributed by atoms with E-state index in [0.29, 0.717) is 24.6 Å². The van der Waals surface area contributed by atoms with E-state index in [0.717, 1.165) is 12.8 Å². The molecule has 1 aromatic rings. The maximum atomic E-state index is 12.8. The first-order chi connectivity index (χ1) is 12.3. The zero-order valence-corrected chi connectivity index (χ0v) is 15.5. The van der Waals surface area contributed by atoms with Gasteiger partial charge in [-0.1, -0.05) is 12.1 Å². The number of alkyl carbamates (subject to hydrolysis) is 1. The molecule has 0 saturated carbocycles. The van der Waals surface area contributed by atoms with Crippen LogP contribution in [0, 0.1) is 0 Å². The van der Waals surface area contributed by atoms with Crippen molar-refractivity contribution in [2.75, 3.05) is 19.7 Å². The van der Waals surface area contributed by atoms with Crippen LogP contribution >= 0.6 is 0 Å². The van der Waals surface area contributed by atoms with Crippen molar-refractivity contribution in [3.63, 3.8) is 0 Å². The average Bonchev–Trinajstić information content (AvgIpc) is 2.59. The van der Waals surface area contributed by atoms with E-state index in [1.807, 2.05) is 39.0 Å². The quantitative estimate of drug-likeness (QED) is 0.874. The summed E-state index contributed by atoms with van der Waals surface area (Å²) in [6.45, 7) is 6.74. The predicted molar refractivity (Wildman–Crippen MR) is 95.3 cm³/mol. The van der Waals surface area contributed by atoms with Crippen LogP contribution < -0.4 is 14.8 Å². The Labute approximate surface area is 153 Å². The smallest absolute Gasteiger partial charge is 0.407 e. The van der Waals surface area contributed by atoms with Gasteiger partial charge in [-0.15, -0.1) is 0 Å². The lowest BCUT2D eigenvalue weighted by Crippen LogP contribution is -2.54. The van der Waals surface area contributed by atoms with Crippen molar-refractivity contribution in [3.8, 4) is 11.5 Å². The van der Waals surface area contributed by atoms with E-state index < -0.39 is 17.8 Å². The van der Waals surface area contributed by atoms with E-state index >= 15 is 0 Å². The number of piperidine rings is 1. The highest BCUT2D eigenvalue weighted by molar-refractivity contribution is 5.82. The lowest BCUT2D eigenvalue weighted by atomic mass is 10.1. The van der Waals surface area contributed by atoms with Crippen LogP contribution in [-0.4, -0.2) is 54.3 Å². The van der Waals surface area contributed by atoms with Crippen LogP contribution in [0.15, 0.2) is 24.3 Å². The number of ether oxygens (including phenoxy) is 3. The third kappa shape index (κ3) is 4.59. The summed E-state index contributed by atoms with van der Waals surface area (Å²) in [7, 11) is 0. The molecule has 3 rings (SSSR count). The fourth-order valence-electron chi connectivity index (χ4n) is 3.11. The van der Waals surface area contributed by atoms with Crippen molar-refractivity contribution in [1.29, 1.82) is 0 Å². The monoisotopic (exact) mass is 362 g/mol. The normalized spacial score (nSPS) is 22.5. The molecule has 1 N–H and O–H groups in total. The van der Waals surface area contributed by atoms with Crippen molar-refractivity contribution < 1.29 is 23.8 Å². The predicted octanol–water partition coefficient (Wildman–Crippen LogP) is 2.34. The van der Waals surface area contributed by atoms with Crippen molar-refractivity contribution in [1.82, 2.24) is 10.2 Å². The van der Waals surface area contributed by atoms with Crippen molar-refractivity contribution in [2.45, 2.75) is 51.4 Å². The molecule has 1 fully saturated rings. The molecule has 2 heterocycles. The molecule has 142 valence electrons. The van der Waals surface area contributed by atoms with Gasteiger partial charge in [0.15, 0.2) is 11.5 Å². The second-order valence-corrected chi connectivity index (χ2v) is 7.63. The fraction of sp³-hybridized carbons (Fsp3) is 0.579. The van der Waals surface area contributed by atoms with E-state index in [1.165, 1.54) is 0 Å². The first-order valence-electron chi connectivity index (χ1n) is 8.98. The van der Waals surface area contributed by atoms with E-state index in [1.54, 1.807) is 11.0 Å². The number of nitrogens with zero attached hydrogens (tertiary/aromatic N) is 1. The molecular weight excluding hydrogens is 336 g/mol. The van der Waals surface area contributed by atoms with Crippen LogP contribution in [0.3, 0.4) is 0 Å². The Kier molecular flexibility index (Phi) is 5.25. The molecule has 0 bridgehead atoms. The summed E-state index contributed by atoms with van der Waals surface area (Å²) in [6, 6.07) is 7.19. The Morgan fingerprint density at radius 1 is 1.23 bits per heavy atom. The lowest BCUT2D eigenvalue weighted by molar-refractivity contribution is -0.142. The zero-order chi connectivity index (χ0) is 18.7. The highest BCUT2D eigenvalue weighted by Crippen LogP contribution is 2.31. The molecule has 26 heavy (non-hydrogen) atoms. The largest absolute Gasteiger partial charge is 0.485 e. The van der Waals surface area contributed by atoms with Gasteiger partial charge in [-0.05, 0) is 45.7 Å². The minimum Gasteiger partial charge on any atom is -0.485 e. The summed E-state index contributed by atoms with van der Waals surface area (Å²) < 4.78 is 16.7. The van der Waals surface area contributed by atoms with Crippen molar-refractivity contribution in [2.24, 2.45) is 0 Å². The van der Waals surface area contributed by atoms with E-state index in [-0.39, 0.29) is 18.6 Å². The molecule has 1 saturated heterocycles. The molecular formula is C19H26N2O5. The number of benzene rings is 1. The topological polar surface area (TPSA) is 77.1 Å². The van der Waals surface area contributed by atoms with E-state index in [9.17, 15) is 9.59 Å². The van der Waals surface area contributed by atoms with Gasteiger partial charge in [0.2, 0.25) is 6.10 Å². The fourth-order valence-corrected chi connectivity index (χ4v) is 3.11. The van der Waals surface area contributed by atoms with Gasteiger partial charge in [-0.2, -0.15) is 0 Å². The highest BCUT2D eigenvalue weighted by atomic mass is 16.6. The maximum absolute atomic E-state index is 12.8. The molecule has 2 aliphatic heterocycles. The summed E-state index contributed by atoms with van der Waals surface area (Å²) in [5.74, 6) is 1.12. The molecule has 0 aromatic heterocycles. The molecule has 2 amide bonds. The molecule has 0 aliphatic carbocycles. The molecule has 2 unspecified atom stereocenters. The Balaban J connectivity index is 1.56. The number of carbonyl (C=O) groups is 2. The molecule has 0 radical (unpaired) electrons. The molecule has 7 heteroatoms. The van der Waals surface area contributed by atoms with Gasteiger partial charge in [0.25, 0.3) is 5.91 Å². The number of hydrogen-bond acceptors (Lipinski definition) is 5. The first-order valence-corrected chi connectivity index (χ1v) is 8.98. The Morgan fingerprint density at radius 3 is 2.69 bits per heavy atom. The third-order valence-corrected chi connectivity index (χ3v) is 4.24. The van der Waals surface area contributed by atoms with Gasteiger partial charge in [-0.25, -0.2) is 4.79 Å². The van der Waals surface area contributed by atoms with Crippen LogP contribution in [0.2, 0.25) is 0 Å². The Hall–Kier alpha value is -2.44.